The van der Waals surface area contributed by atoms with E-state index in [1.54, 1.807) is 12.4 Å². The van der Waals surface area contributed by atoms with E-state index in [2.05, 4.69) is 30.7 Å². The molecular formula is C10H18N2O. The summed E-state index contributed by atoms with van der Waals surface area (Å²) in [5.74, 6) is 0.856. The van der Waals surface area contributed by atoms with E-state index in [9.17, 15) is 5.11 Å². The topological polar surface area (TPSA) is 48.9 Å². The highest BCUT2D eigenvalue weighted by Gasteiger charge is 2.26. The van der Waals surface area contributed by atoms with Gasteiger partial charge in [0.05, 0.1) is 6.10 Å². The highest BCUT2D eigenvalue weighted by atomic mass is 16.3. The molecule has 0 saturated carbocycles. The lowest BCUT2D eigenvalue weighted by molar-refractivity contribution is 0.0465. The number of aliphatic hydroxyl groups excluding tert-OH is 1. The number of hydrogen-bond donors (Lipinski definition) is 2. The van der Waals surface area contributed by atoms with E-state index in [-0.39, 0.29) is 11.5 Å². The fourth-order valence-corrected chi connectivity index (χ4v) is 1.10. The number of nitrogens with zero attached hydrogens (tertiary/aromatic N) is 1. The number of aromatic nitrogens is 2. The Labute approximate surface area is 79.2 Å². The summed E-state index contributed by atoms with van der Waals surface area (Å²) in [5, 5.41) is 9.89. The van der Waals surface area contributed by atoms with Crippen LogP contribution in [0, 0.1) is 5.41 Å². The minimum atomic E-state index is -0.330. The maximum absolute atomic E-state index is 9.89. The third-order valence-corrected chi connectivity index (χ3v) is 2.75. The lowest BCUT2D eigenvalue weighted by atomic mass is 9.82. The first-order chi connectivity index (χ1) is 6.06. The van der Waals surface area contributed by atoms with Crippen LogP contribution in [0.25, 0.3) is 0 Å². The van der Waals surface area contributed by atoms with E-state index >= 15 is 0 Å². The second-order valence-electron chi connectivity index (χ2n) is 4.10. The highest BCUT2D eigenvalue weighted by molar-refractivity contribution is 4.92. The molecule has 1 aromatic rings. The van der Waals surface area contributed by atoms with Crippen LogP contribution in [0.3, 0.4) is 0 Å². The minimum absolute atomic E-state index is 0.0349. The van der Waals surface area contributed by atoms with Gasteiger partial charge in [0.15, 0.2) is 0 Å². The maximum atomic E-state index is 9.89. The predicted octanol–water partition coefficient (Wildman–Crippen LogP) is 1.75. The molecule has 0 aromatic carbocycles. The van der Waals surface area contributed by atoms with Crippen molar-refractivity contribution in [2.24, 2.45) is 5.41 Å². The summed E-state index contributed by atoms with van der Waals surface area (Å²) in [4.78, 5) is 7.08. The van der Waals surface area contributed by atoms with Gasteiger partial charge >= 0.3 is 0 Å². The lowest BCUT2D eigenvalue weighted by Crippen LogP contribution is -2.30. The molecule has 1 unspecified atom stereocenters. The van der Waals surface area contributed by atoms with Crippen molar-refractivity contribution in [2.45, 2.75) is 39.7 Å². The molecule has 0 aliphatic rings. The second kappa shape index (κ2) is 3.92. The van der Waals surface area contributed by atoms with Gasteiger partial charge in [-0.15, -0.1) is 0 Å². The average molecular weight is 182 g/mol. The summed E-state index contributed by atoms with van der Waals surface area (Å²) in [6, 6.07) is 0. The molecule has 1 aromatic heterocycles. The van der Waals surface area contributed by atoms with Crippen LogP contribution in [0.15, 0.2) is 12.4 Å². The molecule has 0 spiro atoms. The molecule has 1 rings (SSSR count). The van der Waals surface area contributed by atoms with Crippen molar-refractivity contribution in [1.29, 1.82) is 0 Å². The van der Waals surface area contributed by atoms with Crippen LogP contribution >= 0.6 is 0 Å². The molecule has 74 valence electrons. The number of H-pyrrole nitrogens is 1. The van der Waals surface area contributed by atoms with E-state index in [1.807, 2.05) is 0 Å². The van der Waals surface area contributed by atoms with Crippen molar-refractivity contribution in [3.05, 3.63) is 18.2 Å². The Morgan fingerprint density at radius 2 is 2.31 bits per heavy atom. The van der Waals surface area contributed by atoms with Crippen molar-refractivity contribution in [2.75, 3.05) is 0 Å². The van der Waals surface area contributed by atoms with Crippen molar-refractivity contribution in [3.63, 3.8) is 0 Å². The van der Waals surface area contributed by atoms with Crippen molar-refractivity contribution >= 4 is 0 Å². The van der Waals surface area contributed by atoms with Gasteiger partial charge in [0.1, 0.15) is 5.82 Å². The largest absolute Gasteiger partial charge is 0.392 e. The molecule has 0 aliphatic heterocycles. The predicted molar refractivity (Wildman–Crippen MR) is 52.4 cm³/mol. The smallest absolute Gasteiger partial charge is 0.108 e. The summed E-state index contributed by atoms with van der Waals surface area (Å²) in [5.41, 5.74) is -0.0349. The zero-order chi connectivity index (χ0) is 9.90. The van der Waals surface area contributed by atoms with Crippen LogP contribution in [0.5, 0.6) is 0 Å². The van der Waals surface area contributed by atoms with Gasteiger partial charge in [0, 0.05) is 18.8 Å². The van der Waals surface area contributed by atoms with Gasteiger partial charge in [0.2, 0.25) is 0 Å². The molecule has 0 saturated heterocycles. The molecule has 3 heteroatoms. The van der Waals surface area contributed by atoms with Gasteiger partial charge < -0.3 is 10.1 Å². The standard InChI is InChI=1S/C10H18N2O/c1-4-10(2,3)8(13)7-9-11-5-6-12-9/h5-6,8,13H,4,7H2,1-3H3,(H,11,12). The molecule has 0 radical (unpaired) electrons. The molecule has 13 heavy (non-hydrogen) atoms. The van der Waals surface area contributed by atoms with Gasteiger partial charge in [0.25, 0.3) is 0 Å². The number of aromatic amines is 1. The van der Waals surface area contributed by atoms with E-state index in [0.29, 0.717) is 6.42 Å². The van der Waals surface area contributed by atoms with Gasteiger partial charge in [-0.05, 0) is 11.8 Å². The first kappa shape index (κ1) is 10.3. The van der Waals surface area contributed by atoms with Crippen LogP contribution in [-0.4, -0.2) is 21.2 Å². The van der Waals surface area contributed by atoms with Gasteiger partial charge in [-0.3, -0.25) is 0 Å². The second-order valence-corrected chi connectivity index (χ2v) is 4.10. The Balaban J connectivity index is 2.55. The molecule has 1 atom stereocenters. The number of nitrogens with one attached hydrogen (secondary N) is 1. The quantitative estimate of drug-likeness (QED) is 0.745. The molecular weight excluding hydrogens is 164 g/mol. The Morgan fingerprint density at radius 3 is 2.77 bits per heavy atom. The summed E-state index contributed by atoms with van der Waals surface area (Å²) < 4.78 is 0. The molecule has 2 N–H and O–H groups in total. The Hall–Kier alpha value is -0.830. The Kier molecular flexibility index (Phi) is 3.09. The van der Waals surface area contributed by atoms with Gasteiger partial charge in [-0.2, -0.15) is 0 Å². The molecule has 0 amide bonds. The van der Waals surface area contributed by atoms with E-state index in [1.165, 1.54) is 0 Å². The van der Waals surface area contributed by atoms with Crippen LogP contribution in [0.4, 0.5) is 0 Å². The summed E-state index contributed by atoms with van der Waals surface area (Å²) in [6.07, 6.45) is 4.73. The molecule has 0 fully saturated rings. The van der Waals surface area contributed by atoms with E-state index < -0.39 is 0 Å². The van der Waals surface area contributed by atoms with Gasteiger partial charge in [-0.25, -0.2) is 4.98 Å². The normalized spacial score (nSPS) is 14.5. The Bertz CT molecular complexity index is 241. The zero-order valence-electron chi connectivity index (χ0n) is 8.54. The number of hydrogen-bond acceptors (Lipinski definition) is 2. The SMILES string of the molecule is CCC(C)(C)C(O)Cc1ncc[nH]1. The van der Waals surface area contributed by atoms with E-state index in [0.717, 1.165) is 12.2 Å². The number of imidazole rings is 1. The van der Waals surface area contributed by atoms with Crippen molar-refractivity contribution in [3.8, 4) is 0 Å². The van der Waals surface area contributed by atoms with Crippen LogP contribution < -0.4 is 0 Å². The van der Waals surface area contributed by atoms with Crippen LogP contribution in [0.1, 0.15) is 33.0 Å². The third-order valence-electron chi connectivity index (χ3n) is 2.75. The summed E-state index contributed by atoms with van der Waals surface area (Å²) >= 11 is 0. The highest BCUT2D eigenvalue weighted by Crippen LogP contribution is 2.26. The molecule has 0 bridgehead atoms. The summed E-state index contributed by atoms with van der Waals surface area (Å²) in [7, 11) is 0. The van der Waals surface area contributed by atoms with Crippen molar-refractivity contribution in [1.82, 2.24) is 9.97 Å². The Morgan fingerprint density at radius 1 is 1.62 bits per heavy atom. The molecule has 0 aliphatic carbocycles. The zero-order valence-corrected chi connectivity index (χ0v) is 8.54. The fraction of sp³-hybridized carbons (Fsp3) is 0.700. The minimum Gasteiger partial charge on any atom is -0.392 e. The van der Waals surface area contributed by atoms with Crippen LogP contribution in [0.2, 0.25) is 0 Å². The monoisotopic (exact) mass is 182 g/mol. The lowest BCUT2D eigenvalue weighted by Gasteiger charge is -2.28. The number of aliphatic hydroxyl groups is 1. The van der Waals surface area contributed by atoms with Gasteiger partial charge in [-0.1, -0.05) is 20.8 Å². The first-order valence-electron chi connectivity index (χ1n) is 4.72. The summed E-state index contributed by atoms with van der Waals surface area (Å²) in [6.45, 7) is 6.23. The molecule has 3 nitrogen and oxygen atoms in total. The average Bonchev–Trinajstić information content (AvgIpc) is 2.57. The maximum Gasteiger partial charge on any atom is 0.108 e. The number of rotatable bonds is 4. The first-order valence-corrected chi connectivity index (χ1v) is 4.72. The van der Waals surface area contributed by atoms with Crippen LogP contribution in [-0.2, 0) is 6.42 Å². The van der Waals surface area contributed by atoms with Crippen molar-refractivity contribution < 1.29 is 5.11 Å². The fourth-order valence-electron chi connectivity index (χ4n) is 1.10. The third kappa shape index (κ3) is 2.56. The van der Waals surface area contributed by atoms with E-state index in [4.69, 9.17) is 0 Å². The molecule has 1 heterocycles.